The number of hydrogen-bond donors (Lipinski definition) is 1. The van der Waals surface area contributed by atoms with Gasteiger partial charge < -0.3 is 5.32 Å². The Balaban J connectivity index is 2.65. The first-order chi connectivity index (χ1) is 7.40. The van der Waals surface area contributed by atoms with Gasteiger partial charge in [-0.1, -0.05) is 0 Å². The van der Waals surface area contributed by atoms with E-state index in [1.807, 2.05) is 6.92 Å². The molecule has 16 heavy (non-hydrogen) atoms. The second kappa shape index (κ2) is 6.28. The molecule has 0 fully saturated rings. The fourth-order valence-corrected chi connectivity index (χ4v) is 4.77. The molecule has 1 N–H and O–H groups in total. The maximum atomic E-state index is 11.8. The van der Waals surface area contributed by atoms with Crippen molar-refractivity contribution in [2.24, 2.45) is 0 Å². The van der Waals surface area contributed by atoms with E-state index in [9.17, 15) is 9.00 Å². The lowest BCUT2D eigenvalue weighted by atomic mass is 10.3. The molecule has 0 bridgehead atoms. The Morgan fingerprint density at radius 1 is 1.62 bits per heavy atom. The molecule has 7 heteroatoms. The van der Waals surface area contributed by atoms with E-state index < -0.39 is 10.8 Å². The zero-order valence-electron chi connectivity index (χ0n) is 8.75. The van der Waals surface area contributed by atoms with Crippen LogP contribution in [0.5, 0.6) is 0 Å². The van der Waals surface area contributed by atoms with Crippen molar-refractivity contribution in [3.8, 4) is 0 Å². The summed E-state index contributed by atoms with van der Waals surface area (Å²) in [5, 5.41) is 2.81. The van der Waals surface area contributed by atoms with Gasteiger partial charge in [0.25, 0.3) is 5.91 Å². The predicted octanol–water partition coefficient (Wildman–Crippen LogP) is 2.77. The molecule has 0 aromatic carbocycles. The largest absolute Gasteiger partial charge is 0.349 e. The number of nitrogens with one attached hydrogen (secondary N) is 1. The zero-order valence-corrected chi connectivity index (χ0v) is 13.6. The molecule has 1 rings (SSSR count). The van der Waals surface area contributed by atoms with Crippen LogP contribution in [0.2, 0.25) is 0 Å². The summed E-state index contributed by atoms with van der Waals surface area (Å²) in [5.74, 6) is 0.320. The minimum atomic E-state index is -0.902. The third-order valence-electron chi connectivity index (χ3n) is 1.76. The number of thiophene rings is 1. The molecule has 0 aliphatic heterocycles. The summed E-state index contributed by atoms with van der Waals surface area (Å²) in [6.45, 7) is 1.84. The van der Waals surface area contributed by atoms with Gasteiger partial charge in [0.1, 0.15) is 0 Å². The molecule has 0 radical (unpaired) electrons. The van der Waals surface area contributed by atoms with Crippen LogP contribution in [0.3, 0.4) is 0 Å². The van der Waals surface area contributed by atoms with E-state index in [2.05, 4.69) is 37.2 Å². The average Bonchev–Trinajstić information content (AvgIpc) is 2.43. The van der Waals surface area contributed by atoms with Gasteiger partial charge in [0, 0.05) is 28.9 Å². The highest BCUT2D eigenvalue weighted by atomic mass is 79.9. The molecule has 0 saturated carbocycles. The van der Waals surface area contributed by atoms with Crippen molar-refractivity contribution in [2.75, 3.05) is 12.0 Å². The first-order valence-corrected chi connectivity index (χ1v) is 8.59. The molecule has 1 heterocycles. The molecular formula is C9H11Br2NO2S2. The van der Waals surface area contributed by atoms with Crippen LogP contribution < -0.4 is 5.32 Å². The van der Waals surface area contributed by atoms with Gasteiger partial charge >= 0.3 is 0 Å². The Morgan fingerprint density at radius 3 is 2.69 bits per heavy atom. The lowest BCUT2D eigenvalue weighted by Crippen LogP contribution is -2.36. The van der Waals surface area contributed by atoms with Crippen LogP contribution in [0, 0.1) is 0 Å². The molecule has 2 unspecified atom stereocenters. The van der Waals surface area contributed by atoms with E-state index in [1.54, 1.807) is 12.3 Å². The summed E-state index contributed by atoms with van der Waals surface area (Å²) in [6, 6.07) is 1.67. The van der Waals surface area contributed by atoms with Crippen LogP contribution in [-0.4, -0.2) is 28.2 Å². The molecule has 0 aliphatic carbocycles. The van der Waals surface area contributed by atoms with E-state index in [-0.39, 0.29) is 11.9 Å². The molecule has 90 valence electrons. The van der Waals surface area contributed by atoms with Crippen molar-refractivity contribution in [1.29, 1.82) is 0 Å². The van der Waals surface area contributed by atoms with E-state index >= 15 is 0 Å². The summed E-state index contributed by atoms with van der Waals surface area (Å²) >= 11 is 8.09. The fraction of sp³-hybridized carbons (Fsp3) is 0.444. The molecular weight excluding hydrogens is 378 g/mol. The molecule has 3 nitrogen and oxygen atoms in total. The van der Waals surface area contributed by atoms with Crippen molar-refractivity contribution < 1.29 is 9.00 Å². The molecule has 1 amide bonds. The molecule has 1 aromatic heterocycles. The van der Waals surface area contributed by atoms with Crippen molar-refractivity contribution in [3.05, 3.63) is 19.2 Å². The number of carbonyl (C=O) groups excluding carboxylic acids is 1. The van der Waals surface area contributed by atoms with Gasteiger partial charge in [-0.2, -0.15) is 0 Å². The van der Waals surface area contributed by atoms with Crippen LogP contribution in [0.1, 0.15) is 17.3 Å². The van der Waals surface area contributed by atoms with Gasteiger partial charge in [-0.25, -0.2) is 0 Å². The number of halogens is 2. The Labute approximate surface area is 118 Å². The van der Waals surface area contributed by atoms with Gasteiger partial charge in [-0.15, -0.1) is 11.3 Å². The number of carbonyl (C=O) groups is 1. The number of hydrogen-bond acceptors (Lipinski definition) is 3. The summed E-state index contributed by atoms with van der Waals surface area (Å²) in [6.07, 6.45) is 1.62. The third kappa shape index (κ3) is 4.27. The van der Waals surface area contributed by atoms with Crippen LogP contribution in [0.4, 0.5) is 0 Å². The first kappa shape index (κ1) is 14.3. The summed E-state index contributed by atoms with van der Waals surface area (Å²) in [5.41, 5.74) is 0.602. The van der Waals surface area contributed by atoms with Gasteiger partial charge in [-0.05, 0) is 44.8 Å². The Morgan fingerprint density at radius 2 is 2.25 bits per heavy atom. The number of amides is 1. The Kier molecular flexibility index (Phi) is 5.63. The molecule has 0 aliphatic rings. The van der Waals surface area contributed by atoms with Crippen LogP contribution >= 0.6 is 43.2 Å². The lowest BCUT2D eigenvalue weighted by Gasteiger charge is -2.11. The van der Waals surface area contributed by atoms with Crippen LogP contribution in [0.25, 0.3) is 0 Å². The van der Waals surface area contributed by atoms with E-state index in [1.165, 1.54) is 11.3 Å². The predicted molar refractivity (Wildman–Crippen MR) is 75.6 cm³/mol. The minimum Gasteiger partial charge on any atom is -0.349 e. The van der Waals surface area contributed by atoms with Crippen LogP contribution in [0.15, 0.2) is 13.6 Å². The second-order valence-electron chi connectivity index (χ2n) is 3.35. The quantitative estimate of drug-likeness (QED) is 0.861. The standard InChI is InChI=1S/C9H11Br2NO2S2/c1-5(4-16(2)14)12-9(13)6-3-7(10)15-8(6)11/h3,5H,4H2,1-2H3,(H,12,13). The monoisotopic (exact) mass is 387 g/mol. The van der Waals surface area contributed by atoms with E-state index in [0.717, 1.165) is 7.57 Å². The minimum absolute atomic E-state index is 0.0936. The van der Waals surface area contributed by atoms with Gasteiger partial charge in [0.05, 0.1) is 13.1 Å². The topological polar surface area (TPSA) is 46.2 Å². The maximum Gasteiger partial charge on any atom is 0.253 e. The van der Waals surface area contributed by atoms with Crippen LogP contribution in [-0.2, 0) is 10.8 Å². The highest BCUT2D eigenvalue weighted by Gasteiger charge is 2.16. The van der Waals surface area contributed by atoms with Gasteiger partial charge in [-0.3, -0.25) is 9.00 Å². The third-order valence-corrected chi connectivity index (χ3v) is 5.07. The van der Waals surface area contributed by atoms with Gasteiger partial charge in [0.2, 0.25) is 0 Å². The highest BCUT2D eigenvalue weighted by molar-refractivity contribution is 9.12. The van der Waals surface area contributed by atoms with Gasteiger partial charge in [0.15, 0.2) is 0 Å². The summed E-state index contributed by atoms with van der Waals surface area (Å²) < 4.78 is 12.7. The molecule has 0 saturated heterocycles. The number of rotatable bonds is 4. The van der Waals surface area contributed by atoms with E-state index in [4.69, 9.17) is 0 Å². The second-order valence-corrected chi connectivity index (χ2v) is 8.58. The summed E-state index contributed by atoms with van der Waals surface area (Å²) in [7, 11) is -0.902. The average molecular weight is 389 g/mol. The van der Waals surface area contributed by atoms with Crippen molar-refractivity contribution in [3.63, 3.8) is 0 Å². The van der Waals surface area contributed by atoms with Crippen molar-refractivity contribution in [2.45, 2.75) is 13.0 Å². The fourth-order valence-electron chi connectivity index (χ4n) is 1.19. The molecule has 0 spiro atoms. The van der Waals surface area contributed by atoms with Crippen molar-refractivity contribution in [1.82, 2.24) is 5.32 Å². The maximum absolute atomic E-state index is 11.8. The Bertz CT molecular complexity index is 420. The molecule has 1 aromatic rings. The normalized spacial score (nSPS) is 14.5. The van der Waals surface area contributed by atoms with Crippen molar-refractivity contribution >= 4 is 59.9 Å². The first-order valence-electron chi connectivity index (χ1n) is 4.46. The highest BCUT2D eigenvalue weighted by Crippen LogP contribution is 2.31. The summed E-state index contributed by atoms with van der Waals surface area (Å²) in [4.78, 5) is 11.8. The van der Waals surface area contributed by atoms with E-state index in [0.29, 0.717) is 11.3 Å². The molecule has 2 atom stereocenters. The Hall–Kier alpha value is 0.280. The smallest absolute Gasteiger partial charge is 0.253 e. The zero-order chi connectivity index (χ0) is 12.3. The lowest BCUT2D eigenvalue weighted by molar-refractivity contribution is 0.0943. The SMILES string of the molecule is CC(CS(C)=O)NC(=O)c1cc(Br)sc1Br.